The summed E-state index contributed by atoms with van der Waals surface area (Å²) in [7, 11) is 0. The van der Waals surface area contributed by atoms with Crippen LogP contribution in [0.25, 0.3) is 0 Å². The first-order valence-electron chi connectivity index (χ1n) is 11.7. The third-order valence-corrected chi connectivity index (χ3v) is 17.7. The first-order chi connectivity index (χ1) is 17.6. The highest BCUT2D eigenvalue weighted by molar-refractivity contribution is 8.29. The fourth-order valence-corrected chi connectivity index (χ4v) is 15.9. The summed E-state index contributed by atoms with van der Waals surface area (Å²) in [6, 6.07) is 48.1. The van der Waals surface area contributed by atoms with Gasteiger partial charge in [0.25, 0.3) is 0 Å². The van der Waals surface area contributed by atoms with Crippen molar-refractivity contribution in [1.82, 2.24) is 9.42 Å². The molecule has 0 N–H and O–H groups in total. The molecule has 0 bridgehead atoms. The van der Waals surface area contributed by atoms with E-state index in [4.69, 9.17) is 28.6 Å². The van der Waals surface area contributed by atoms with Crippen LogP contribution >= 0.6 is 12.4 Å². The lowest BCUT2D eigenvalue weighted by molar-refractivity contribution is 0.695. The molecule has 1 heterocycles. The zero-order valence-corrected chi connectivity index (χ0v) is 23.1. The Morgan fingerprint density at radius 2 is 0.806 bits per heavy atom. The molecule has 0 spiro atoms. The van der Waals surface area contributed by atoms with Crippen molar-refractivity contribution in [2.24, 2.45) is 0 Å². The fourth-order valence-electron chi connectivity index (χ4n) is 4.36. The van der Waals surface area contributed by atoms with E-state index in [1.807, 2.05) is 42.6 Å². The maximum atomic E-state index is 6.87. The number of hydrogen-bond donors (Lipinski definition) is 0. The minimum atomic E-state index is -2.58. The van der Waals surface area contributed by atoms with E-state index in [9.17, 15) is 0 Å². The Morgan fingerprint density at radius 3 is 1.11 bits per heavy atom. The average Bonchev–Trinajstić information content (AvgIpc) is 2.97. The second-order valence-electron chi connectivity index (χ2n) is 8.35. The average molecular weight is 541 g/mol. The van der Waals surface area contributed by atoms with Gasteiger partial charge in [0, 0.05) is 27.4 Å². The summed E-state index contributed by atoms with van der Waals surface area (Å²) in [6.07, 6.45) is -3.32. The summed E-state index contributed by atoms with van der Waals surface area (Å²) in [5, 5.41) is 4.51. The summed E-state index contributed by atoms with van der Waals surface area (Å²) < 4.78 is 2.47. The number of hydrogen-bond acceptors (Lipinski definition) is 3. The third kappa shape index (κ3) is 4.81. The Hall–Kier alpha value is -2.71. The predicted octanol–water partition coefficient (Wildman–Crippen LogP) is 5.97. The zero-order valence-electron chi connectivity index (χ0n) is 19.7. The SMILES string of the molecule is S=P(c1ccccc1)(c1ccccc1)N(Cc1ccccn1)P(=S)(c1ccccc1)c1ccccc1. The van der Waals surface area contributed by atoms with E-state index in [2.05, 4.69) is 108 Å². The molecule has 6 heteroatoms. The molecular weight excluding hydrogens is 514 g/mol. The minimum Gasteiger partial charge on any atom is -0.260 e. The Bertz CT molecular complexity index is 1310. The van der Waals surface area contributed by atoms with Crippen LogP contribution in [-0.4, -0.2) is 9.42 Å². The van der Waals surface area contributed by atoms with E-state index in [0.717, 1.165) is 26.9 Å². The van der Waals surface area contributed by atoms with E-state index in [0.29, 0.717) is 6.54 Å². The molecule has 0 saturated carbocycles. The molecule has 0 aliphatic rings. The molecule has 5 rings (SSSR count). The van der Waals surface area contributed by atoms with Crippen molar-refractivity contribution in [2.75, 3.05) is 0 Å². The van der Waals surface area contributed by atoms with Crippen molar-refractivity contribution < 1.29 is 0 Å². The smallest absolute Gasteiger partial charge is 0.0757 e. The highest BCUT2D eigenvalue weighted by Gasteiger charge is 2.41. The van der Waals surface area contributed by atoms with Crippen LogP contribution in [0.15, 0.2) is 146 Å². The van der Waals surface area contributed by atoms with Crippen LogP contribution in [0.3, 0.4) is 0 Å². The van der Waals surface area contributed by atoms with Crippen LogP contribution < -0.4 is 21.2 Å². The standard InChI is InChI=1S/C30H26N2P2S2/c35-33(27-16-5-1-6-17-27,28-18-7-2-8-19-28)32(25-26-15-13-14-24-31-26)34(36,29-20-9-3-10-21-29)30-22-11-4-12-23-30/h1-24H,25H2. The lowest BCUT2D eigenvalue weighted by Crippen LogP contribution is -2.36. The van der Waals surface area contributed by atoms with Crippen LogP contribution in [0.4, 0.5) is 0 Å². The van der Waals surface area contributed by atoms with Gasteiger partial charge in [-0.25, -0.2) is 4.44 Å². The van der Waals surface area contributed by atoms with Crippen molar-refractivity contribution in [3.05, 3.63) is 151 Å². The molecule has 0 atom stereocenters. The Kier molecular flexibility index (Phi) is 7.72. The van der Waals surface area contributed by atoms with Crippen LogP contribution in [-0.2, 0) is 30.2 Å². The molecule has 0 aliphatic heterocycles. The van der Waals surface area contributed by atoms with Crippen molar-refractivity contribution in [2.45, 2.75) is 6.54 Å². The topological polar surface area (TPSA) is 16.1 Å². The molecule has 0 fully saturated rings. The van der Waals surface area contributed by atoms with Gasteiger partial charge in [-0.1, -0.05) is 151 Å². The number of pyridine rings is 1. The third-order valence-electron chi connectivity index (χ3n) is 6.10. The maximum absolute atomic E-state index is 6.87. The zero-order chi connectivity index (χ0) is 24.8. The molecule has 36 heavy (non-hydrogen) atoms. The van der Waals surface area contributed by atoms with Crippen LogP contribution in [0.5, 0.6) is 0 Å². The van der Waals surface area contributed by atoms with Gasteiger partial charge < -0.3 is 0 Å². The summed E-state index contributed by atoms with van der Waals surface area (Å²) >= 11 is 13.7. The predicted molar refractivity (Wildman–Crippen MR) is 163 cm³/mol. The largest absolute Gasteiger partial charge is 0.260 e. The second-order valence-corrected chi connectivity index (χ2v) is 17.2. The van der Waals surface area contributed by atoms with Crippen molar-refractivity contribution >= 4 is 57.2 Å². The Labute approximate surface area is 223 Å². The summed E-state index contributed by atoms with van der Waals surface area (Å²) in [4.78, 5) is 4.72. The van der Waals surface area contributed by atoms with Gasteiger partial charge in [0.2, 0.25) is 0 Å². The minimum absolute atomic E-state index is 0.559. The monoisotopic (exact) mass is 540 g/mol. The van der Waals surface area contributed by atoms with Gasteiger partial charge in [-0.05, 0) is 12.1 Å². The first-order valence-corrected chi connectivity index (χ1v) is 17.3. The molecule has 178 valence electrons. The van der Waals surface area contributed by atoms with Crippen LogP contribution in [0.2, 0.25) is 0 Å². The van der Waals surface area contributed by atoms with Gasteiger partial charge in [-0.15, -0.1) is 0 Å². The summed E-state index contributed by atoms with van der Waals surface area (Å²) in [5.74, 6) is 0. The Balaban J connectivity index is 1.86. The lowest BCUT2D eigenvalue weighted by Gasteiger charge is -2.44. The quantitative estimate of drug-likeness (QED) is 0.225. The molecule has 1 aromatic heterocycles. The number of aromatic nitrogens is 1. The van der Waals surface area contributed by atoms with Gasteiger partial charge in [0.15, 0.2) is 0 Å². The van der Waals surface area contributed by atoms with E-state index < -0.39 is 12.4 Å². The maximum Gasteiger partial charge on any atom is 0.0757 e. The summed E-state index contributed by atoms with van der Waals surface area (Å²) in [5.41, 5.74) is 0.958. The molecule has 2 nitrogen and oxygen atoms in total. The summed E-state index contributed by atoms with van der Waals surface area (Å²) in [6.45, 7) is 0.559. The molecule has 4 aromatic carbocycles. The van der Waals surface area contributed by atoms with E-state index in [1.165, 1.54) is 0 Å². The van der Waals surface area contributed by atoms with E-state index >= 15 is 0 Å². The second kappa shape index (κ2) is 11.1. The molecule has 0 amide bonds. The first kappa shape index (κ1) is 25.0. The highest BCUT2D eigenvalue weighted by Crippen LogP contribution is 2.65. The van der Waals surface area contributed by atoms with Crippen molar-refractivity contribution in [3.63, 3.8) is 0 Å². The number of rotatable bonds is 8. The van der Waals surface area contributed by atoms with Gasteiger partial charge >= 0.3 is 0 Å². The number of benzene rings is 4. The molecule has 0 unspecified atom stereocenters. The molecule has 0 aliphatic carbocycles. The van der Waals surface area contributed by atoms with Crippen LogP contribution in [0, 0.1) is 0 Å². The molecule has 0 saturated heterocycles. The molecular formula is C30H26N2P2S2. The van der Waals surface area contributed by atoms with Gasteiger partial charge in [-0.3, -0.25) is 4.98 Å². The van der Waals surface area contributed by atoms with Gasteiger partial charge in [0.1, 0.15) is 0 Å². The van der Waals surface area contributed by atoms with Crippen molar-refractivity contribution in [3.8, 4) is 0 Å². The normalized spacial score (nSPS) is 11.9. The molecule has 5 aromatic rings. The number of nitrogens with zero attached hydrogens (tertiary/aromatic N) is 2. The Morgan fingerprint density at radius 1 is 0.472 bits per heavy atom. The van der Waals surface area contributed by atoms with Crippen LogP contribution in [0.1, 0.15) is 5.69 Å². The lowest BCUT2D eigenvalue weighted by atomic mass is 10.4. The van der Waals surface area contributed by atoms with E-state index in [-0.39, 0.29) is 0 Å². The van der Waals surface area contributed by atoms with E-state index in [1.54, 1.807) is 0 Å². The highest BCUT2D eigenvalue weighted by atomic mass is 32.5. The molecule has 0 radical (unpaired) electrons. The fraction of sp³-hybridized carbons (Fsp3) is 0.0333. The van der Waals surface area contributed by atoms with Gasteiger partial charge in [0.05, 0.1) is 24.6 Å². The van der Waals surface area contributed by atoms with Gasteiger partial charge in [-0.2, -0.15) is 0 Å². The van der Waals surface area contributed by atoms with Crippen molar-refractivity contribution in [1.29, 1.82) is 0 Å².